The lowest BCUT2D eigenvalue weighted by Gasteiger charge is -2.24. The van der Waals surface area contributed by atoms with Crippen LogP contribution in [0.1, 0.15) is 31.7 Å². The minimum atomic E-state index is -1.34. The van der Waals surface area contributed by atoms with Crippen molar-refractivity contribution in [3.8, 4) is 11.8 Å². The highest BCUT2D eigenvalue weighted by molar-refractivity contribution is 7.98. The van der Waals surface area contributed by atoms with Gasteiger partial charge in [0.15, 0.2) is 6.04 Å². The fourth-order valence-electron chi connectivity index (χ4n) is 3.40. The van der Waals surface area contributed by atoms with Crippen LogP contribution in [0.3, 0.4) is 0 Å². The zero-order chi connectivity index (χ0) is 27.9. The molecule has 0 spiro atoms. The Morgan fingerprint density at radius 3 is 2.21 bits per heavy atom. The molecule has 2 aromatic rings. The summed E-state index contributed by atoms with van der Waals surface area (Å²) in [5, 5.41) is 27.3. The van der Waals surface area contributed by atoms with Crippen molar-refractivity contribution < 1.29 is 39.0 Å². The van der Waals surface area contributed by atoms with E-state index in [-0.39, 0.29) is 19.6 Å². The molecule has 208 valence electrons. The van der Waals surface area contributed by atoms with Crippen molar-refractivity contribution in [2.45, 2.75) is 50.9 Å². The zero-order valence-corrected chi connectivity index (χ0v) is 22.1. The predicted molar refractivity (Wildman–Crippen MR) is 140 cm³/mol. The van der Waals surface area contributed by atoms with E-state index in [2.05, 4.69) is 16.0 Å². The minimum absolute atomic E-state index is 0.143. The van der Waals surface area contributed by atoms with Crippen LogP contribution >= 0.6 is 11.8 Å². The van der Waals surface area contributed by atoms with Crippen LogP contribution in [-0.2, 0) is 30.5 Å². The molecule has 12 nitrogen and oxygen atoms in total. The zero-order valence-electron chi connectivity index (χ0n) is 21.3. The van der Waals surface area contributed by atoms with Crippen molar-refractivity contribution in [2.75, 3.05) is 18.6 Å². The van der Waals surface area contributed by atoms with Gasteiger partial charge in [0.25, 0.3) is 0 Å². The lowest BCUT2D eigenvalue weighted by molar-refractivity contribution is -0.151. The normalized spacial score (nSPS) is 13.1. The second-order valence-electron chi connectivity index (χ2n) is 8.28. The van der Waals surface area contributed by atoms with Crippen molar-refractivity contribution >= 4 is 36.0 Å². The molecular weight excluding hydrogens is 516 g/mol. The summed E-state index contributed by atoms with van der Waals surface area (Å²) in [7, 11) is 0. The maximum atomic E-state index is 13.2. The summed E-state index contributed by atoms with van der Waals surface area (Å²) in [5.41, 5.74) is 0.835. The van der Waals surface area contributed by atoms with Crippen LogP contribution in [0.25, 0.3) is 0 Å². The van der Waals surface area contributed by atoms with E-state index in [4.69, 9.17) is 9.57 Å². The summed E-state index contributed by atoms with van der Waals surface area (Å²) < 4.78 is 6.14. The number of amides is 3. The van der Waals surface area contributed by atoms with Crippen LogP contribution in [-0.4, -0.2) is 75.9 Å². The Bertz CT molecular complexity index is 1030. The third kappa shape index (κ3) is 9.63. The molecular formula is C25H34N4O8S. The number of hydrogen-bond acceptors (Lipinski definition) is 9. The number of carbonyl (C=O) groups is 4. The Morgan fingerprint density at radius 1 is 0.974 bits per heavy atom. The van der Waals surface area contributed by atoms with Gasteiger partial charge in [0, 0.05) is 12.1 Å². The first-order valence-electron chi connectivity index (χ1n) is 12.0. The standard InChI is InChI=1S/C25H34N4O8S/c1-3-7-19(27-23(33)18(26-16-30)12-13-38-2)24(34)28-20(15-36-14-17-8-5-4-6-9-17)25(35)37-29-21(31)10-11-22(29)32/h4-6,8-11,16,18-20,31-32H,3,7,12-15H2,1-2H3,(H,26,30)(H,27,33)(H,28,34). The third-order valence-corrected chi connectivity index (χ3v) is 6.03. The summed E-state index contributed by atoms with van der Waals surface area (Å²) in [6, 6.07) is 8.23. The number of aromatic hydroxyl groups is 2. The number of ether oxygens (including phenoxy) is 1. The van der Waals surface area contributed by atoms with E-state index in [0.717, 1.165) is 17.7 Å². The predicted octanol–water partition coefficient (Wildman–Crippen LogP) is 0.709. The number of aromatic nitrogens is 1. The molecule has 1 aromatic carbocycles. The SMILES string of the molecule is CCCC(NC(=O)C(CCSC)NC=O)C(=O)NC(COCc1ccccc1)C(=O)On1c(O)ccc1O. The Balaban J connectivity index is 2.14. The topological polar surface area (TPSA) is 168 Å². The number of nitrogens with one attached hydrogen (secondary N) is 3. The molecule has 0 aliphatic heterocycles. The summed E-state index contributed by atoms with van der Waals surface area (Å²) in [6.45, 7) is 1.68. The Labute approximate surface area is 225 Å². The molecule has 0 saturated carbocycles. The molecule has 1 aromatic heterocycles. The van der Waals surface area contributed by atoms with Crippen LogP contribution in [0.15, 0.2) is 42.5 Å². The Hall–Kier alpha value is -3.71. The average Bonchev–Trinajstić information content (AvgIpc) is 3.22. The molecule has 0 fully saturated rings. The van der Waals surface area contributed by atoms with Gasteiger partial charge in [0.2, 0.25) is 30.0 Å². The monoisotopic (exact) mass is 550 g/mol. The highest BCUT2D eigenvalue weighted by Crippen LogP contribution is 2.19. The molecule has 0 radical (unpaired) electrons. The summed E-state index contributed by atoms with van der Waals surface area (Å²) in [5.74, 6) is -2.64. The molecule has 38 heavy (non-hydrogen) atoms. The van der Waals surface area contributed by atoms with Crippen molar-refractivity contribution in [3.63, 3.8) is 0 Å². The molecule has 0 bridgehead atoms. The summed E-state index contributed by atoms with van der Waals surface area (Å²) >= 11 is 1.51. The maximum absolute atomic E-state index is 13.2. The minimum Gasteiger partial charge on any atom is -0.492 e. The first-order valence-corrected chi connectivity index (χ1v) is 13.4. The van der Waals surface area contributed by atoms with Crippen LogP contribution in [0.2, 0.25) is 0 Å². The summed E-state index contributed by atoms with van der Waals surface area (Å²) in [6.07, 6.45) is 3.48. The van der Waals surface area contributed by atoms with Crippen LogP contribution in [0, 0.1) is 0 Å². The molecule has 2 rings (SSSR count). The smallest absolute Gasteiger partial charge is 0.357 e. The van der Waals surface area contributed by atoms with Gasteiger partial charge in [-0.2, -0.15) is 11.8 Å². The van der Waals surface area contributed by atoms with Gasteiger partial charge < -0.3 is 35.7 Å². The first kappa shape index (κ1) is 30.5. The van der Waals surface area contributed by atoms with Gasteiger partial charge >= 0.3 is 5.97 Å². The fourth-order valence-corrected chi connectivity index (χ4v) is 3.87. The molecule has 0 aliphatic carbocycles. The fraction of sp³-hybridized carbons (Fsp3) is 0.440. The van der Waals surface area contributed by atoms with Gasteiger partial charge in [-0.05, 0) is 30.4 Å². The highest BCUT2D eigenvalue weighted by atomic mass is 32.2. The van der Waals surface area contributed by atoms with Crippen LogP contribution in [0.4, 0.5) is 0 Å². The lowest BCUT2D eigenvalue weighted by atomic mass is 10.1. The van der Waals surface area contributed by atoms with E-state index in [1.165, 1.54) is 11.8 Å². The van der Waals surface area contributed by atoms with Crippen molar-refractivity contribution in [1.29, 1.82) is 0 Å². The van der Waals surface area contributed by atoms with Gasteiger partial charge in [-0.3, -0.25) is 14.4 Å². The van der Waals surface area contributed by atoms with Crippen LogP contribution in [0.5, 0.6) is 11.8 Å². The lowest BCUT2D eigenvalue weighted by Crippen LogP contribution is -2.56. The molecule has 0 saturated heterocycles. The van der Waals surface area contributed by atoms with Gasteiger partial charge in [0.1, 0.15) is 12.1 Å². The quantitative estimate of drug-likeness (QED) is 0.178. The van der Waals surface area contributed by atoms with Crippen LogP contribution < -0.4 is 20.8 Å². The van der Waals surface area contributed by atoms with E-state index < -0.39 is 47.7 Å². The molecule has 0 aliphatic rings. The van der Waals surface area contributed by atoms with E-state index in [0.29, 0.717) is 29.7 Å². The number of hydrogen-bond donors (Lipinski definition) is 5. The second-order valence-corrected chi connectivity index (χ2v) is 9.27. The molecule has 13 heteroatoms. The van der Waals surface area contributed by atoms with Gasteiger partial charge in [0.05, 0.1) is 13.2 Å². The Morgan fingerprint density at radius 2 is 1.61 bits per heavy atom. The van der Waals surface area contributed by atoms with Crippen molar-refractivity contribution in [3.05, 3.63) is 48.0 Å². The van der Waals surface area contributed by atoms with Gasteiger partial charge in [-0.25, -0.2) is 4.79 Å². The number of nitrogens with zero attached hydrogens (tertiary/aromatic N) is 1. The third-order valence-electron chi connectivity index (χ3n) is 5.38. The maximum Gasteiger partial charge on any atom is 0.357 e. The van der Waals surface area contributed by atoms with Gasteiger partial charge in [-0.15, -0.1) is 4.73 Å². The second kappa shape index (κ2) is 16.2. The first-order chi connectivity index (χ1) is 18.3. The van der Waals surface area contributed by atoms with E-state index in [9.17, 15) is 29.4 Å². The number of rotatable bonds is 17. The number of thioether (sulfide) groups is 1. The van der Waals surface area contributed by atoms with Gasteiger partial charge in [-0.1, -0.05) is 43.7 Å². The highest BCUT2D eigenvalue weighted by Gasteiger charge is 2.30. The van der Waals surface area contributed by atoms with E-state index >= 15 is 0 Å². The molecule has 3 atom stereocenters. The summed E-state index contributed by atoms with van der Waals surface area (Å²) in [4.78, 5) is 54.8. The van der Waals surface area contributed by atoms with E-state index in [1.807, 2.05) is 43.5 Å². The average molecular weight is 551 g/mol. The van der Waals surface area contributed by atoms with E-state index in [1.54, 1.807) is 0 Å². The number of carbonyl (C=O) groups excluding carboxylic acids is 4. The largest absolute Gasteiger partial charge is 0.492 e. The molecule has 3 unspecified atom stereocenters. The Kier molecular flexibility index (Phi) is 13.0. The molecule has 1 heterocycles. The van der Waals surface area contributed by atoms with Crippen molar-refractivity contribution in [2.24, 2.45) is 0 Å². The van der Waals surface area contributed by atoms with Crippen molar-refractivity contribution in [1.82, 2.24) is 20.7 Å². The molecule has 3 amide bonds. The molecule has 5 N–H and O–H groups in total. The number of benzene rings is 1.